The summed E-state index contributed by atoms with van der Waals surface area (Å²) in [5.41, 5.74) is 2.05. The molecule has 3 aromatic rings. The van der Waals surface area contributed by atoms with E-state index in [1.807, 2.05) is 25.1 Å². The fraction of sp³-hybridized carbons (Fsp3) is 0.0500. The first-order chi connectivity index (χ1) is 12.9. The van der Waals surface area contributed by atoms with Gasteiger partial charge in [-0.3, -0.25) is 9.59 Å². The Hall–Kier alpha value is -3.25. The second-order valence-corrected chi connectivity index (χ2v) is 6.17. The predicted molar refractivity (Wildman–Crippen MR) is 103 cm³/mol. The van der Waals surface area contributed by atoms with Crippen molar-refractivity contribution in [1.82, 2.24) is 4.98 Å². The van der Waals surface area contributed by atoms with E-state index in [-0.39, 0.29) is 16.4 Å². The number of aryl methyl sites for hydroxylation is 1. The van der Waals surface area contributed by atoms with Gasteiger partial charge < -0.3 is 10.6 Å². The van der Waals surface area contributed by atoms with Crippen LogP contribution in [-0.2, 0) is 0 Å². The second kappa shape index (κ2) is 7.97. The minimum absolute atomic E-state index is 0.0490. The Morgan fingerprint density at radius 1 is 0.926 bits per heavy atom. The third-order valence-electron chi connectivity index (χ3n) is 3.79. The lowest BCUT2D eigenvalue weighted by molar-refractivity contribution is 0.101. The molecule has 2 amide bonds. The topological polar surface area (TPSA) is 71.1 Å². The number of carbonyl (C=O) groups excluding carboxylic acids is 2. The Morgan fingerprint density at radius 3 is 2.26 bits per heavy atom. The normalized spacial score (nSPS) is 10.3. The van der Waals surface area contributed by atoms with Crippen molar-refractivity contribution in [1.29, 1.82) is 0 Å². The molecule has 0 unspecified atom stereocenters. The lowest BCUT2D eigenvalue weighted by Gasteiger charge is -2.09. The standard InChI is InChI=1S/C20H15ClFN3O2/c1-12-5-2-3-6-16(12)25-20(27)18-8-4-7-17(24-18)19(26)23-13-9-10-15(22)14(21)11-13/h2-11H,1H3,(H,23,26)(H,25,27). The van der Waals surface area contributed by atoms with Gasteiger partial charge in [0.1, 0.15) is 17.2 Å². The van der Waals surface area contributed by atoms with Crippen LogP contribution in [0.3, 0.4) is 0 Å². The molecule has 0 saturated heterocycles. The Kier molecular flexibility index (Phi) is 5.47. The summed E-state index contributed by atoms with van der Waals surface area (Å²) < 4.78 is 13.2. The largest absolute Gasteiger partial charge is 0.321 e. The highest BCUT2D eigenvalue weighted by Gasteiger charge is 2.14. The van der Waals surface area contributed by atoms with Crippen LogP contribution < -0.4 is 10.6 Å². The number of carbonyl (C=O) groups is 2. The molecular formula is C20H15ClFN3O2. The molecule has 0 spiro atoms. The minimum Gasteiger partial charge on any atom is -0.321 e. The van der Waals surface area contributed by atoms with Gasteiger partial charge >= 0.3 is 0 Å². The van der Waals surface area contributed by atoms with Gasteiger partial charge in [-0.2, -0.15) is 0 Å². The summed E-state index contributed by atoms with van der Waals surface area (Å²) in [6.45, 7) is 1.88. The third kappa shape index (κ3) is 4.48. The Bertz CT molecular complexity index is 1020. The van der Waals surface area contributed by atoms with E-state index >= 15 is 0 Å². The first-order valence-electron chi connectivity index (χ1n) is 8.04. The maximum absolute atomic E-state index is 13.2. The summed E-state index contributed by atoms with van der Waals surface area (Å²) in [5.74, 6) is -1.55. The van der Waals surface area contributed by atoms with Gasteiger partial charge in [0, 0.05) is 11.4 Å². The zero-order chi connectivity index (χ0) is 19.4. The van der Waals surface area contributed by atoms with Crippen LogP contribution in [0.25, 0.3) is 0 Å². The van der Waals surface area contributed by atoms with E-state index in [0.717, 1.165) is 11.6 Å². The van der Waals surface area contributed by atoms with Crippen molar-refractivity contribution >= 4 is 34.8 Å². The predicted octanol–water partition coefficient (Wildman–Crippen LogP) is 4.69. The van der Waals surface area contributed by atoms with Crippen molar-refractivity contribution in [2.75, 3.05) is 10.6 Å². The van der Waals surface area contributed by atoms with Crippen LogP contribution in [0, 0.1) is 12.7 Å². The second-order valence-electron chi connectivity index (χ2n) is 5.76. The molecule has 0 aliphatic rings. The van der Waals surface area contributed by atoms with Gasteiger partial charge in [0.2, 0.25) is 0 Å². The van der Waals surface area contributed by atoms with Gasteiger partial charge in [0.05, 0.1) is 5.02 Å². The Balaban J connectivity index is 1.76. The SMILES string of the molecule is Cc1ccccc1NC(=O)c1cccc(C(=O)Nc2ccc(F)c(Cl)c2)n1. The smallest absolute Gasteiger partial charge is 0.274 e. The van der Waals surface area contributed by atoms with Crippen molar-refractivity contribution in [2.45, 2.75) is 6.92 Å². The number of halogens is 2. The number of pyridine rings is 1. The molecule has 27 heavy (non-hydrogen) atoms. The van der Waals surface area contributed by atoms with Gasteiger partial charge in [0.25, 0.3) is 11.8 Å². The fourth-order valence-corrected chi connectivity index (χ4v) is 2.54. The van der Waals surface area contributed by atoms with Crippen LogP contribution in [0.2, 0.25) is 5.02 Å². The molecule has 2 aromatic carbocycles. The first-order valence-corrected chi connectivity index (χ1v) is 8.42. The quantitative estimate of drug-likeness (QED) is 0.686. The lowest BCUT2D eigenvalue weighted by atomic mass is 10.2. The molecule has 0 fully saturated rings. The maximum Gasteiger partial charge on any atom is 0.274 e. The highest BCUT2D eigenvalue weighted by Crippen LogP contribution is 2.20. The monoisotopic (exact) mass is 383 g/mol. The third-order valence-corrected chi connectivity index (χ3v) is 4.07. The molecule has 136 valence electrons. The zero-order valence-corrected chi connectivity index (χ0v) is 15.0. The average molecular weight is 384 g/mol. The number of hydrogen-bond acceptors (Lipinski definition) is 3. The summed E-state index contributed by atoms with van der Waals surface area (Å²) in [6.07, 6.45) is 0. The number of hydrogen-bond donors (Lipinski definition) is 2. The molecule has 0 atom stereocenters. The first kappa shape index (κ1) is 18.5. The number of anilines is 2. The van der Waals surface area contributed by atoms with Crippen LogP contribution in [0.1, 0.15) is 26.5 Å². The van der Waals surface area contributed by atoms with Gasteiger partial charge in [0.15, 0.2) is 0 Å². The number of rotatable bonds is 4. The number of para-hydroxylation sites is 1. The van der Waals surface area contributed by atoms with Crippen molar-refractivity contribution in [2.24, 2.45) is 0 Å². The zero-order valence-electron chi connectivity index (χ0n) is 14.3. The van der Waals surface area contributed by atoms with Crippen LogP contribution >= 0.6 is 11.6 Å². The summed E-state index contributed by atoms with van der Waals surface area (Å²) in [6, 6.07) is 15.7. The van der Waals surface area contributed by atoms with Crippen molar-refractivity contribution < 1.29 is 14.0 Å². The molecular weight excluding hydrogens is 369 g/mol. The molecule has 0 aliphatic heterocycles. The van der Waals surface area contributed by atoms with E-state index in [9.17, 15) is 14.0 Å². The van der Waals surface area contributed by atoms with Gasteiger partial charge in [-0.15, -0.1) is 0 Å². The molecule has 3 rings (SSSR count). The molecule has 1 heterocycles. The number of nitrogens with one attached hydrogen (secondary N) is 2. The van der Waals surface area contributed by atoms with Gasteiger partial charge in [-0.25, -0.2) is 9.37 Å². The Morgan fingerprint density at radius 2 is 1.59 bits per heavy atom. The van der Waals surface area contributed by atoms with Crippen LogP contribution in [0.5, 0.6) is 0 Å². The molecule has 5 nitrogen and oxygen atoms in total. The molecule has 0 aliphatic carbocycles. The number of nitrogens with zero attached hydrogens (tertiary/aromatic N) is 1. The molecule has 7 heteroatoms. The summed E-state index contributed by atoms with van der Waals surface area (Å²) >= 11 is 5.70. The summed E-state index contributed by atoms with van der Waals surface area (Å²) in [7, 11) is 0. The fourth-order valence-electron chi connectivity index (χ4n) is 2.36. The molecule has 0 saturated carbocycles. The van der Waals surface area contributed by atoms with Crippen LogP contribution in [-0.4, -0.2) is 16.8 Å². The van der Waals surface area contributed by atoms with E-state index in [0.29, 0.717) is 11.4 Å². The van der Waals surface area contributed by atoms with E-state index < -0.39 is 17.6 Å². The summed E-state index contributed by atoms with van der Waals surface area (Å²) in [5, 5.41) is 5.23. The number of aromatic nitrogens is 1. The summed E-state index contributed by atoms with van der Waals surface area (Å²) in [4.78, 5) is 28.9. The van der Waals surface area contributed by atoms with E-state index in [4.69, 9.17) is 11.6 Å². The highest BCUT2D eigenvalue weighted by molar-refractivity contribution is 6.31. The molecule has 2 N–H and O–H groups in total. The molecule has 0 radical (unpaired) electrons. The van der Waals surface area contributed by atoms with Gasteiger partial charge in [-0.05, 0) is 48.9 Å². The average Bonchev–Trinajstić information content (AvgIpc) is 2.66. The van der Waals surface area contributed by atoms with Crippen LogP contribution in [0.15, 0.2) is 60.7 Å². The number of amides is 2. The molecule has 1 aromatic heterocycles. The van der Waals surface area contributed by atoms with Crippen molar-refractivity contribution in [3.05, 3.63) is 88.5 Å². The Labute approximate surface area is 160 Å². The van der Waals surface area contributed by atoms with Crippen molar-refractivity contribution in [3.8, 4) is 0 Å². The van der Waals surface area contributed by atoms with E-state index in [2.05, 4.69) is 15.6 Å². The minimum atomic E-state index is -0.581. The number of benzene rings is 2. The van der Waals surface area contributed by atoms with E-state index in [1.165, 1.54) is 24.3 Å². The van der Waals surface area contributed by atoms with Crippen molar-refractivity contribution in [3.63, 3.8) is 0 Å². The van der Waals surface area contributed by atoms with Gasteiger partial charge in [-0.1, -0.05) is 35.9 Å². The highest BCUT2D eigenvalue weighted by atomic mass is 35.5. The van der Waals surface area contributed by atoms with Crippen LogP contribution in [0.4, 0.5) is 15.8 Å². The lowest BCUT2D eigenvalue weighted by Crippen LogP contribution is -2.18. The van der Waals surface area contributed by atoms with E-state index in [1.54, 1.807) is 12.1 Å². The molecule has 0 bridgehead atoms. The maximum atomic E-state index is 13.2.